The molecule has 0 aliphatic rings. The molecule has 0 saturated carbocycles. The highest BCUT2D eigenvalue weighted by Crippen LogP contribution is 2.26. The molecular formula is C16H15N5O. The summed E-state index contributed by atoms with van der Waals surface area (Å²) >= 11 is 0. The highest BCUT2D eigenvalue weighted by atomic mass is 16.2. The van der Waals surface area contributed by atoms with Gasteiger partial charge in [0.25, 0.3) is 0 Å². The number of amides is 2. The summed E-state index contributed by atoms with van der Waals surface area (Å²) in [6, 6.07) is 12.7. The molecule has 3 rings (SSSR count). The molecule has 6 heteroatoms. The van der Waals surface area contributed by atoms with Gasteiger partial charge in [-0.05, 0) is 42.8 Å². The van der Waals surface area contributed by atoms with Gasteiger partial charge in [-0.2, -0.15) is 0 Å². The molecule has 0 radical (unpaired) electrons. The predicted octanol–water partition coefficient (Wildman–Crippen LogP) is 3.17. The zero-order valence-electron chi connectivity index (χ0n) is 12.0. The SMILES string of the molecule is Cc1cccc(Nc2ncnc3ccc(NC(N)=O)cc23)c1. The van der Waals surface area contributed by atoms with Crippen molar-refractivity contribution in [3.63, 3.8) is 0 Å². The lowest BCUT2D eigenvalue weighted by Crippen LogP contribution is -2.19. The van der Waals surface area contributed by atoms with Crippen LogP contribution in [0.2, 0.25) is 0 Å². The van der Waals surface area contributed by atoms with E-state index in [9.17, 15) is 4.79 Å². The number of anilines is 3. The molecule has 0 fully saturated rings. The monoisotopic (exact) mass is 293 g/mol. The molecule has 0 aliphatic carbocycles. The Balaban J connectivity index is 2.02. The average molecular weight is 293 g/mol. The number of urea groups is 1. The van der Waals surface area contributed by atoms with Gasteiger partial charge in [0.1, 0.15) is 12.1 Å². The Bertz CT molecular complexity index is 847. The molecule has 1 heterocycles. The first-order valence-electron chi connectivity index (χ1n) is 6.77. The molecule has 1 aromatic heterocycles. The molecule has 22 heavy (non-hydrogen) atoms. The van der Waals surface area contributed by atoms with Crippen molar-refractivity contribution in [1.29, 1.82) is 0 Å². The van der Waals surface area contributed by atoms with Gasteiger partial charge in [0.05, 0.1) is 5.52 Å². The van der Waals surface area contributed by atoms with E-state index in [0.29, 0.717) is 11.5 Å². The van der Waals surface area contributed by atoms with Crippen LogP contribution in [0.5, 0.6) is 0 Å². The van der Waals surface area contributed by atoms with E-state index in [1.165, 1.54) is 6.33 Å². The standard InChI is InChI=1S/C16H15N5O/c1-10-3-2-4-11(7-10)20-15-13-8-12(21-16(17)22)5-6-14(13)18-9-19-15/h2-9H,1H3,(H3,17,21,22)(H,18,19,20). The van der Waals surface area contributed by atoms with Gasteiger partial charge < -0.3 is 16.4 Å². The van der Waals surface area contributed by atoms with Gasteiger partial charge in [0.15, 0.2) is 0 Å². The van der Waals surface area contributed by atoms with Crippen molar-refractivity contribution in [1.82, 2.24) is 9.97 Å². The van der Waals surface area contributed by atoms with E-state index in [1.807, 2.05) is 37.3 Å². The summed E-state index contributed by atoms with van der Waals surface area (Å²) in [6.07, 6.45) is 1.50. The molecule has 0 unspecified atom stereocenters. The molecule has 0 spiro atoms. The number of benzene rings is 2. The van der Waals surface area contributed by atoms with Crippen molar-refractivity contribution in [3.8, 4) is 0 Å². The van der Waals surface area contributed by atoms with E-state index < -0.39 is 6.03 Å². The van der Waals surface area contributed by atoms with Crippen molar-refractivity contribution in [2.24, 2.45) is 5.73 Å². The van der Waals surface area contributed by atoms with Gasteiger partial charge in [0, 0.05) is 16.8 Å². The highest BCUT2D eigenvalue weighted by molar-refractivity contribution is 5.96. The van der Waals surface area contributed by atoms with E-state index in [0.717, 1.165) is 22.2 Å². The quantitative estimate of drug-likeness (QED) is 0.691. The summed E-state index contributed by atoms with van der Waals surface area (Å²) in [5.41, 5.74) is 8.62. The van der Waals surface area contributed by atoms with Crippen LogP contribution >= 0.6 is 0 Å². The maximum Gasteiger partial charge on any atom is 0.316 e. The number of hydrogen-bond donors (Lipinski definition) is 3. The van der Waals surface area contributed by atoms with Crippen LogP contribution in [0, 0.1) is 6.92 Å². The van der Waals surface area contributed by atoms with Crippen molar-refractivity contribution in [2.75, 3.05) is 10.6 Å². The average Bonchev–Trinajstić information content (AvgIpc) is 2.47. The summed E-state index contributed by atoms with van der Waals surface area (Å²) in [5.74, 6) is 0.670. The zero-order chi connectivity index (χ0) is 15.5. The maximum absolute atomic E-state index is 11.0. The van der Waals surface area contributed by atoms with Gasteiger partial charge in [-0.15, -0.1) is 0 Å². The number of primary amides is 1. The second-order valence-corrected chi connectivity index (χ2v) is 4.94. The number of fused-ring (bicyclic) bond motifs is 1. The number of hydrogen-bond acceptors (Lipinski definition) is 4. The summed E-state index contributed by atoms with van der Waals surface area (Å²) < 4.78 is 0. The number of nitrogens with zero attached hydrogens (tertiary/aromatic N) is 2. The Hall–Kier alpha value is -3.15. The van der Waals surface area contributed by atoms with Crippen LogP contribution in [0.15, 0.2) is 48.8 Å². The molecule has 2 amide bonds. The van der Waals surface area contributed by atoms with E-state index in [2.05, 4.69) is 20.6 Å². The Morgan fingerprint density at radius 3 is 2.73 bits per heavy atom. The zero-order valence-corrected chi connectivity index (χ0v) is 12.0. The van der Waals surface area contributed by atoms with Crippen LogP contribution in [-0.2, 0) is 0 Å². The van der Waals surface area contributed by atoms with Crippen LogP contribution in [0.4, 0.5) is 22.0 Å². The first-order chi connectivity index (χ1) is 10.6. The third-order valence-electron chi connectivity index (χ3n) is 3.18. The second-order valence-electron chi connectivity index (χ2n) is 4.94. The molecule has 2 aromatic carbocycles. The van der Waals surface area contributed by atoms with Gasteiger partial charge in [0.2, 0.25) is 0 Å². The van der Waals surface area contributed by atoms with Gasteiger partial charge in [-0.3, -0.25) is 0 Å². The summed E-state index contributed by atoms with van der Waals surface area (Å²) in [4.78, 5) is 19.5. The predicted molar refractivity (Wildman–Crippen MR) is 87.2 cm³/mol. The lowest BCUT2D eigenvalue weighted by atomic mass is 10.2. The van der Waals surface area contributed by atoms with E-state index in [-0.39, 0.29) is 0 Å². The largest absolute Gasteiger partial charge is 0.351 e. The number of aromatic nitrogens is 2. The summed E-state index contributed by atoms with van der Waals surface area (Å²) in [5, 5.41) is 6.63. The minimum Gasteiger partial charge on any atom is -0.351 e. The number of rotatable bonds is 3. The molecule has 110 valence electrons. The first-order valence-corrected chi connectivity index (χ1v) is 6.77. The normalized spacial score (nSPS) is 10.4. The number of aryl methyl sites for hydroxylation is 1. The molecular weight excluding hydrogens is 278 g/mol. The van der Waals surface area contributed by atoms with Crippen LogP contribution in [0.3, 0.4) is 0 Å². The molecule has 0 bridgehead atoms. The maximum atomic E-state index is 11.0. The Labute approximate surface area is 127 Å². The summed E-state index contributed by atoms with van der Waals surface area (Å²) in [7, 11) is 0. The smallest absolute Gasteiger partial charge is 0.316 e. The van der Waals surface area contributed by atoms with Crippen molar-refractivity contribution in [3.05, 3.63) is 54.4 Å². The lowest BCUT2D eigenvalue weighted by Gasteiger charge is -2.10. The summed E-state index contributed by atoms with van der Waals surface area (Å²) in [6.45, 7) is 2.03. The first kappa shape index (κ1) is 13.8. The number of carbonyl (C=O) groups excluding carboxylic acids is 1. The van der Waals surface area contributed by atoms with Crippen molar-refractivity contribution < 1.29 is 4.79 Å². The fourth-order valence-corrected chi connectivity index (χ4v) is 2.24. The molecule has 3 aromatic rings. The Morgan fingerprint density at radius 2 is 1.95 bits per heavy atom. The minimum absolute atomic E-state index is 0.599. The van der Waals surface area contributed by atoms with Crippen molar-refractivity contribution in [2.45, 2.75) is 6.92 Å². The Kier molecular flexibility index (Phi) is 3.57. The van der Waals surface area contributed by atoms with Crippen molar-refractivity contribution >= 4 is 34.1 Å². The van der Waals surface area contributed by atoms with Crippen LogP contribution < -0.4 is 16.4 Å². The fraction of sp³-hybridized carbons (Fsp3) is 0.0625. The molecule has 4 N–H and O–H groups in total. The van der Waals surface area contributed by atoms with E-state index in [1.54, 1.807) is 12.1 Å². The van der Waals surface area contributed by atoms with Gasteiger partial charge in [-0.1, -0.05) is 12.1 Å². The van der Waals surface area contributed by atoms with Gasteiger partial charge >= 0.3 is 6.03 Å². The molecule has 6 nitrogen and oxygen atoms in total. The lowest BCUT2D eigenvalue weighted by molar-refractivity contribution is 0.259. The molecule has 0 saturated heterocycles. The van der Waals surface area contributed by atoms with E-state index in [4.69, 9.17) is 5.73 Å². The number of nitrogens with one attached hydrogen (secondary N) is 2. The van der Waals surface area contributed by atoms with Crippen LogP contribution in [-0.4, -0.2) is 16.0 Å². The molecule has 0 atom stereocenters. The number of nitrogens with two attached hydrogens (primary N) is 1. The molecule has 0 aliphatic heterocycles. The van der Waals surface area contributed by atoms with Crippen LogP contribution in [0.25, 0.3) is 10.9 Å². The minimum atomic E-state index is -0.607. The third-order valence-corrected chi connectivity index (χ3v) is 3.18. The Morgan fingerprint density at radius 1 is 1.09 bits per heavy atom. The fourth-order valence-electron chi connectivity index (χ4n) is 2.24. The topological polar surface area (TPSA) is 92.9 Å². The van der Waals surface area contributed by atoms with E-state index >= 15 is 0 Å². The van der Waals surface area contributed by atoms with Crippen LogP contribution in [0.1, 0.15) is 5.56 Å². The number of carbonyl (C=O) groups is 1. The van der Waals surface area contributed by atoms with Gasteiger partial charge in [-0.25, -0.2) is 14.8 Å². The second kappa shape index (κ2) is 5.69. The highest BCUT2D eigenvalue weighted by Gasteiger charge is 2.06. The third kappa shape index (κ3) is 2.95.